The smallest absolute Gasteiger partial charge is 0.164 e. The highest BCUT2D eigenvalue weighted by molar-refractivity contribution is 6.23. The molecule has 3 aromatic heterocycles. The van der Waals surface area contributed by atoms with Gasteiger partial charge in [0.25, 0.3) is 0 Å². The van der Waals surface area contributed by atoms with Crippen molar-refractivity contribution in [3.05, 3.63) is 176 Å². The van der Waals surface area contributed by atoms with Crippen LogP contribution >= 0.6 is 0 Å². The monoisotopic (exact) mass is 651 g/mol. The summed E-state index contributed by atoms with van der Waals surface area (Å²) in [5.41, 5.74) is 9.12. The molecule has 238 valence electrons. The van der Waals surface area contributed by atoms with Crippen LogP contribution in [0.15, 0.2) is 176 Å². The molecule has 0 N–H and O–H groups in total. The zero-order valence-corrected chi connectivity index (χ0v) is 27.5. The van der Waals surface area contributed by atoms with Gasteiger partial charge in [0, 0.05) is 44.1 Å². The van der Waals surface area contributed by atoms with E-state index in [1.165, 1.54) is 10.8 Å². The first-order chi connectivity index (χ1) is 25.3. The summed E-state index contributed by atoms with van der Waals surface area (Å²) in [5, 5.41) is 5.77. The maximum Gasteiger partial charge on any atom is 0.164 e. The fourth-order valence-electron chi connectivity index (χ4n) is 7.19. The molecule has 0 radical (unpaired) electrons. The molecule has 10 rings (SSSR count). The molecule has 7 aromatic carbocycles. The summed E-state index contributed by atoms with van der Waals surface area (Å²) in [4.78, 5) is 20.2. The molecule has 0 spiro atoms. The lowest BCUT2D eigenvalue weighted by molar-refractivity contribution is 1.07. The van der Waals surface area contributed by atoms with Crippen molar-refractivity contribution in [3.63, 3.8) is 0 Å². The second-order valence-electron chi connectivity index (χ2n) is 12.7. The van der Waals surface area contributed by atoms with E-state index in [1.54, 1.807) is 0 Å². The van der Waals surface area contributed by atoms with E-state index in [2.05, 4.69) is 120 Å². The van der Waals surface area contributed by atoms with Crippen molar-refractivity contribution in [2.45, 2.75) is 0 Å². The molecule has 0 aliphatic rings. The summed E-state index contributed by atoms with van der Waals surface area (Å²) in [6.45, 7) is 0. The van der Waals surface area contributed by atoms with Crippen LogP contribution in [-0.2, 0) is 0 Å². The van der Waals surface area contributed by atoms with E-state index < -0.39 is 0 Å². The third-order valence-corrected chi connectivity index (χ3v) is 9.59. The molecular formula is C46H29N5. The molecule has 3 heterocycles. The van der Waals surface area contributed by atoms with Crippen LogP contribution in [0.4, 0.5) is 0 Å². The summed E-state index contributed by atoms with van der Waals surface area (Å²) in [7, 11) is 0. The molecule has 51 heavy (non-hydrogen) atoms. The van der Waals surface area contributed by atoms with Crippen LogP contribution in [0.5, 0.6) is 0 Å². The Balaban J connectivity index is 1.20. The van der Waals surface area contributed by atoms with E-state index >= 15 is 0 Å². The third-order valence-electron chi connectivity index (χ3n) is 9.59. The lowest BCUT2D eigenvalue weighted by atomic mass is 9.99. The molecule has 5 heteroatoms. The fraction of sp³-hybridized carbons (Fsp3) is 0. The second kappa shape index (κ2) is 11.9. The van der Waals surface area contributed by atoms with Gasteiger partial charge in [0.2, 0.25) is 0 Å². The maximum absolute atomic E-state index is 5.44. The van der Waals surface area contributed by atoms with Crippen LogP contribution < -0.4 is 0 Å². The first-order valence-corrected chi connectivity index (χ1v) is 17.1. The van der Waals surface area contributed by atoms with Gasteiger partial charge in [-0.15, -0.1) is 0 Å². The normalized spacial score (nSPS) is 11.5. The van der Waals surface area contributed by atoms with E-state index in [0.29, 0.717) is 17.5 Å². The summed E-state index contributed by atoms with van der Waals surface area (Å²) >= 11 is 0. The zero-order valence-electron chi connectivity index (χ0n) is 27.5. The number of pyridine rings is 1. The molecule has 0 fully saturated rings. The molecule has 0 atom stereocenters. The molecule has 0 amide bonds. The standard InChI is InChI=1S/C46H29N5/c1-4-14-31(15-5-1)44-48-45(32-16-6-2-7-17-32)50-46(49-44)33-26-24-30(25-27-33)42-41-37-22-12-13-23-40(37)51(36-20-8-3-9-21-36)43(41)38-28-34-18-10-11-19-35(34)29-39(38)47-42/h1-29H. The Morgan fingerprint density at radius 3 is 1.49 bits per heavy atom. The van der Waals surface area contributed by atoms with Gasteiger partial charge in [0.1, 0.15) is 0 Å². The molecule has 0 aliphatic heterocycles. The van der Waals surface area contributed by atoms with Gasteiger partial charge in [0.15, 0.2) is 17.5 Å². The maximum atomic E-state index is 5.44. The van der Waals surface area contributed by atoms with Crippen LogP contribution in [0, 0.1) is 0 Å². The fourth-order valence-corrected chi connectivity index (χ4v) is 7.19. The predicted molar refractivity (Wildman–Crippen MR) is 209 cm³/mol. The predicted octanol–water partition coefficient (Wildman–Crippen LogP) is 11.3. The third kappa shape index (κ3) is 4.94. The van der Waals surface area contributed by atoms with Crippen molar-refractivity contribution in [2.75, 3.05) is 0 Å². The van der Waals surface area contributed by atoms with Gasteiger partial charge in [-0.2, -0.15) is 0 Å². The first kappa shape index (κ1) is 29.0. The van der Waals surface area contributed by atoms with Crippen molar-refractivity contribution < 1.29 is 0 Å². The van der Waals surface area contributed by atoms with Crippen molar-refractivity contribution in [1.82, 2.24) is 24.5 Å². The van der Waals surface area contributed by atoms with Crippen molar-refractivity contribution >= 4 is 43.5 Å². The van der Waals surface area contributed by atoms with E-state index in [-0.39, 0.29) is 0 Å². The van der Waals surface area contributed by atoms with Gasteiger partial charge in [-0.05, 0) is 41.1 Å². The van der Waals surface area contributed by atoms with Gasteiger partial charge >= 0.3 is 0 Å². The summed E-state index contributed by atoms with van der Waals surface area (Å²) < 4.78 is 2.39. The van der Waals surface area contributed by atoms with Crippen LogP contribution in [0.25, 0.3) is 94.6 Å². The Morgan fingerprint density at radius 1 is 0.373 bits per heavy atom. The Bertz CT molecular complexity index is 2820. The van der Waals surface area contributed by atoms with E-state index in [4.69, 9.17) is 19.9 Å². The largest absolute Gasteiger partial charge is 0.308 e. The van der Waals surface area contributed by atoms with E-state index in [0.717, 1.165) is 66.3 Å². The highest BCUT2D eigenvalue weighted by Crippen LogP contribution is 2.42. The highest BCUT2D eigenvalue weighted by atomic mass is 15.0. The molecule has 0 saturated heterocycles. The van der Waals surface area contributed by atoms with Gasteiger partial charge in [-0.1, -0.05) is 146 Å². The number of rotatable bonds is 5. The summed E-state index contributed by atoms with van der Waals surface area (Å²) in [6.07, 6.45) is 0. The summed E-state index contributed by atoms with van der Waals surface area (Å²) in [6, 6.07) is 60.9. The number of hydrogen-bond donors (Lipinski definition) is 0. The topological polar surface area (TPSA) is 56.5 Å². The number of hydrogen-bond acceptors (Lipinski definition) is 4. The van der Waals surface area contributed by atoms with E-state index in [9.17, 15) is 0 Å². The minimum atomic E-state index is 0.623. The molecule has 10 aromatic rings. The lowest BCUT2D eigenvalue weighted by Crippen LogP contribution is -2.00. The molecule has 5 nitrogen and oxygen atoms in total. The Labute approximate surface area is 294 Å². The molecule has 0 aliphatic carbocycles. The Morgan fingerprint density at radius 2 is 0.863 bits per heavy atom. The average molecular weight is 652 g/mol. The van der Waals surface area contributed by atoms with Crippen LogP contribution in [0.2, 0.25) is 0 Å². The van der Waals surface area contributed by atoms with Crippen molar-refractivity contribution in [2.24, 2.45) is 0 Å². The SMILES string of the molecule is c1ccc(-c2nc(-c3ccccc3)nc(-c3ccc(-c4nc5cc6ccccc6cc5c5c4c4ccccc4n5-c4ccccc4)cc3)n2)cc1. The molecule has 0 saturated carbocycles. The first-order valence-electron chi connectivity index (χ1n) is 17.1. The lowest BCUT2D eigenvalue weighted by Gasteiger charge is -2.13. The zero-order chi connectivity index (χ0) is 33.7. The number of nitrogens with zero attached hydrogens (tertiary/aromatic N) is 5. The van der Waals surface area contributed by atoms with Gasteiger partial charge in [0.05, 0.1) is 22.2 Å². The number of aromatic nitrogens is 5. The van der Waals surface area contributed by atoms with Crippen molar-refractivity contribution in [3.8, 4) is 51.1 Å². The second-order valence-corrected chi connectivity index (χ2v) is 12.7. The molecule has 0 unspecified atom stereocenters. The average Bonchev–Trinajstić information content (AvgIpc) is 3.56. The minimum Gasteiger partial charge on any atom is -0.308 e. The number of benzene rings is 7. The quantitative estimate of drug-likeness (QED) is 0.174. The van der Waals surface area contributed by atoms with E-state index in [1.807, 2.05) is 60.7 Å². The van der Waals surface area contributed by atoms with Crippen molar-refractivity contribution in [1.29, 1.82) is 0 Å². The molecule has 0 bridgehead atoms. The molecular weight excluding hydrogens is 623 g/mol. The summed E-state index contributed by atoms with van der Waals surface area (Å²) in [5.74, 6) is 1.91. The Hall–Kier alpha value is -6.98. The van der Waals surface area contributed by atoms with Gasteiger partial charge in [-0.25, -0.2) is 19.9 Å². The van der Waals surface area contributed by atoms with Gasteiger partial charge in [-0.3, -0.25) is 0 Å². The number of fused-ring (bicyclic) bond motifs is 6. The highest BCUT2D eigenvalue weighted by Gasteiger charge is 2.21. The number of para-hydroxylation sites is 2. The van der Waals surface area contributed by atoms with Crippen LogP contribution in [-0.4, -0.2) is 24.5 Å². The van der Waals surface area contributed by atoms with Gasteiger partial charge < -0.3 is 4.57 Å². The van der Waals surface area contributed by atoms with Crippen LogP contribution in [0.1, 0.15) is 0 Å². The Kier molecular flexibility index (Phi) is 6.74. The minimum absolute atomic E-state index is 0.623. The van der Waals surface area contributed by atoms with Crippen LogP contribution in [0.3, 0.4) is 0 Å².